The lowest BCUT2D eigenvalue weighted by Gasteiger charge is -2.14. The van der Waals surface area contributed by atoms with Crippen LogP contribution in [-0.4, -0.2) is 23.7 Å². The van der Waals surface area contributed by atoms with E-state index in [2.05, 4.69) is 11.4 Å². The second kappa shape index (κ2) is 7.39. The van der Waals surface area contributed by atoms with Gasteiger partial charge in [0.1, 0.15) is 11.8 Å². The number of carbonyl (C=O) groups is 1. The van der Waals surface area contributed by atoms with E-state index in [0.29, 0.717) is 5.75 Å². The van der Waals surface area contributed by atoms with Crippen molar-refractivity contribution in [2.24, 2.45) is 0 Å². The van der Waals surface area contributed by atoms with Crippen LogP contribution in [0.25, 0.3) is 0 Å². The first-order valence-electron chi connectivity index (χ1n) is 6.14. The molecule has 0 bridgehead atoms. The number of nitriles is 1. The molecule has 5 heteroatoms. The average molecular weight is 262 g/mol. The highest BCUT2D eigenvalue weighted by molar-refractivity contribution is 5.66. The van der Waals surface area contributed by atoms with E-state index in [1.54, 1.807) is 6.07 Å². The standard InChI is InChI=1S/C14H18N2O3/c1-10(2)19-12-5-3-4-11(8-12)13(9-15)16-7-6-14(17)18/h3-5,8,10,13,16H,6-7H2,1-2H3,(H,17,18). The number of rotatable bonds is 7. The van der Waals surface area contributed by atoms with Gasteiger partial charge in [-0.05, 0) is 31.5 Å². The minimum atomic E-state index is -0.888. The van der Waals surface area contributed by atoms with Crippen LogP contribution >= 0.6 is 0 Å². The minimum absolute atomic E-state index is 0.0135. The number of nitrogens with zero attached hydrogens (tertiary/aromatic N) is 1. The topological polar surface area (TPSA) is 82.3 Å². The number of benzene rings is 1. The van der Waals surface area contributed by atoms with Gasteiger partial charge in [0.15, 0.2) is 0 Å². The summed E-state index contributed by atoms with van der Waals surface area (Å²) in [4.78, 5) is 10.4. The van der Waals surface area contributed by atoms with Gasteiger partial charge in [0.2, 0.25) is 0 Å². The van der Waals surface area contributed by atoms with E-state index in [1.807, 2.05) is 32.0 Å². The Morgan fingerprint density at radius 1 is 1.53 bits per heavy atom. The van der Waals surface area contributed by atoms with Gasteiger partial charge in [-0.1, -0.05) is 12.1 Å². The first-order valence-corrected chi connectivity index (χ1v) is 6.14. The zero-order valence-corrected chi connectivity index (χ0v) is 11.1. The van der Waals surface area contributed by atoms with Crippen molar-refractivity contribution in [3.63, 3.8) is 0 Å². The lowest BCUT2D eigenvalue weighted by molar-refractivity contribution is -0.136. The highest BCUT2D eigenvalue weighted by atomic mass is 16.5. The number of hydrogen-bond donors (Lipinski definition) is 2. The highest BCUT2D eigenvalue weighted by Crippen LogP contribution is 2.20. The monoisotopic (exact) mass is 262 g/mol. The van der Waals surface area contributed by atoms with Gasteiger partial charge in [-0.15, -0.1) is 0 Å². The zero-order chi connectivity index (χ0) is 14.3. The fraction of sp³-hybridized carbons (Fsp3) is 0.429. The molecule has 0 spiro atoms. The zero-order valence-electron chi connectivity index (χ0n) is 11.1. The summed E-state index contributed by atoms with van der Waals surface area (Å²) < 4.78 is 5.56. The number of carboxylic acid groups (broad SMARTS) is 1. The summed E-state index contributed by atoms with van der Waals surface area (Å²) >= 11 is 0. The van der Waals surface area contributed by atoms with E-state index in [9.17, 15) is 4.79 Å². The van der Waals surface area contributed by atoms with E-state index >= 15 is 0 Å². The molecule has 0 aliphatic rings. The summed E-state index contributed by atoms with van der Waals surface area (Å²) in [5, 5.41) is 20.6. The summed E-state index contributed by atoms with van der Waals surface area (Å²) in [5.74, 6) is -0.186. The van der Waals surface area contributed by atoms with Crippen LogP contribution < -0.4 is 10.1 Å². The van der Waals surface area contributed by atoms with E-state index < -0.39 is 12.0 Å². The lowest BCUT2D eigenvalue weighted by atomic mass is 10.1. The molecule has 0 aliphatic carbocycles. The second-order valence-corrected chi connectivity index (χ2v) is 4.40. The van der Waals surface area contributed by atoms with Crippen molar-refractivity contribution in [3.05, 3.63) is 29.8 Å². The summed E-state index contributed by atoms with van der Waals surface area (Å²) in [6.07, 6.45) is 0.0520. The Morgan fingerprint density at radius 3 is 2.84 bits per heavy atom. The van der Waals surface area contributed by atoms with Crippen molar-refractivity contribution in [2.75, 3.05) is 6.54 Å². The van der Waals surface area contributed by atoms with Gasteiger partial charge in [-0.2, -0.15) is 5.26 Å². The largest absolute Gasteiger partial charge is 0.491 e. The fourth-order valence-corrected chi connectivity index (χ4v) is 1.60. The molecular weight excluding hydrogens is 244 g/mol. The third-order valence-corrected chi connectivity index (χ3v) is 2.38. The van der Waals surface area contributed by atoms with E-state index in [0.717, 1.165) is 5.56 Å². The van der Waals surface area contributed by atoms with E-state index in [4.69, 9.17) is 15.1 Å². The van der Waals surface area contributed by atoms with Crippen LogP contribution in [0.3, 0.4) is 0 Å². The predicted octanol–water partition coefficient (Wildman–Crippen LogP) is 2.10. The minimum Gasteiger partial charge on any atom is -0.491 e. The Labute approximate surface area is 112 Å². The Kier molecular flexibility index (Phi) is 5.83. The number of carboxylic acids is 1. The van der Waals surface area contributed by atoms with Gasteiger partial charge in [0.25, 0.3) is 0 Å². The summed E-state index contributed by atoms with van der Waals surface area (Å²) in [5.41, 5.74) is 0.769. The van der Waals surface area contributed by atoms with Crippen LogP contribution in [-0.2, 0) is 4.79 Å². The van der Waals surface area contributed by atoms with Crippen LogP contribution in [0.15, 0.2) is 24.3 Å². The summed E-state index contributed by atoms with van der Waals surface area (Å²) in [6, 6.07) is 8.83. The molecule has 5 nitrogen and oxygen atoms in total. The quantitative estimate of drug-likeness (QED) is 0.786. The Morgan fingerprint density at radius 2 is 2.26 bits per heavy atom. The molecule has 0 fully saturated rings. The van der Waals surface area contributed by atoms with Crippen molar-refractivity contribution < 1.29 is 14.6 Å². The molecule has 0 heterocycles. The van der Waals surface area contributed by atoms with Gasteiger partial charge in [-0.3, -0.25) is 10.1 Å². The van der Waals surface area contributed by atoms with Crippen molar-refractivity contribution >= 4 is 5.97 Å². The van der Waals surface area contributed by atoms with Gasteiger partial charge in [-0.25, -0.2) is 0 Å². The van der Waals surface area contributed by atoms with Crippen LogP contribution in [0.2, 0.25) is 0 Å². The Hall–Kier alpha value is -2.06. The third kappa shape index (κ3) is 5.40. The smallest absolute Gasteiger partial charge is 0.304 e. The van der Waals surface area contributed by atoms with Crippen LogP contribution in [0, 0.1) is 11.3 Å². The van der Waals surface area contributed by atoms with Crippen molar-refractivity contribution in [1.82, 2.24) is 5.32 Å². The van der Waals surface area contributed by atoms with Crippen molar-refractivity contribution in [3.8, 4) is 11.8 Å². The maximum atomic E-state index is 10.4. The molecule has 2 N–H and O–H groups in total. The molecule has 19 heavy (non-hydrogen) atoms. The van der Waals surface area contributed by atoms with Crippen LogP contribution in [0.5, 0.6) is 5.75 Å². The molecule has 0 saturated heterocycles. The van der Waals surface area contributed by atoms with Gasteiger partial charge in [0, 0.05) is 6.54 Å². The number of hydrogen-bond acceptors (Lipinski definition) is 4. The van der Waals surface area contributed by atoms with Crippen LogP contribution in [0.4, 0.5) is 0 Å². The maximum absolute atomic E-state index is 10.4. The molecule has 1 aromatic carbocycles. The molecule has 0 saturated carbocycles. The lowest BCUT2D eigenvalue weighted by Crippen LogP contribution is -2.23. The highest BCUT2D eigenvalue weighted by Gasteiger charge is 2.11. The normalized spacial score (nSPS) is 11.9. The number of nitrogens with one attached hydrogen (secondary N) is 1. The Balaban J connectivity index is 2.70. The maximum Gasteiger partial charge on any atom is 0.304 e. The van der Waals surface area contributed by atoms with E-state index in [1.165, 1.54) is 0 Å². The summed E-state index contributed by atoms with van der Waals surface area (Å²) in [7, 11) is 0. The molecule has 1 rings (SSSR count). The van der Waals surface area contributed by atoms with Gasteiger partial charge < -0.3 is 9.84 Å². The Bertz CT molecular complexity index is 466. The molecule has 0 aromatic heterocycles. The molecule has 102 valence electrons. The molecule has 0 radical (unpaired) electrons. The van der Waals surface area contributed by atoms with Crippen molar-refractivity contribution in [2.45, 2.75) is 32.4 Å². The predicted molar refractivity (Wildman–Crippen MR) is 70.8 cm³/mol. The van der Waals surface area contributed by atoms with Gasteiger partial charge >= 0.3 is 5.97 Å². The molecule has 0 aliphatic heterocycles. The number of ether oxygens (including phenoxy) is 1. The molecule has 0 amide bonds. The molecule has 1 unspecified atom stereocenters. The SMILES string of the molecule is CC(C)Oc1cccc(C(C#N)NCCC(=O)O)c1. The summed E-state index contributed by atoms with van der Waals surface area (Å²) in [6.45, 7) is 4.11. The molecular formula is C14H18N2O3. The second-order valence-electron chi connectivity index (χ2n) is 4.40. The van der Waals surface area contributed by atoms with Crippen molar-refractivity contribution in [1.29, 1.82) is 5.26 Å². The molecule has 1 aromatic rings. The first-order chi connectivity index (χ1) is 9.02. The average Bonchev–Trinajstić information content (AvgIpc) is 2.34. The third-order valence-electron chi connectivity index (χ3n) is 2.38. The molecule has 1 atom stereocenters. The van der Waals surface area contributed by atoms with Gasteiger partial charge in [0.05, 0.1) is 18.6 Å². The fourth-order valence-electron chi connectivity index (χ4n) is 1.60. The van der Waals surface area contributed by atoms with E-state index in [-0.39, 0.29) is 19.1 Å². The number of aliphatic carboxylic acids is 1. The van der Waals surface area contributed by atoms with Crippen LogP contribution in [0.1, 0.15) is 31.9 Å². The first kappa shape index (κ1) is 15.0.